The molecule has 0 aliphatic heterocycles. The van der Waals surface area contributed by atoms with Crippen molar-refractivity contribution in [2.45, 2.75) is 11.2 Å². The van der Waals surface area contributed by atoms with Crippen LogP contribution in [0.1, 0.15) is 11.1 Å². The van der Waals surface area contributed by atoms with Gasteiger partial charge >= 0.3 is 0 Å². The molecule has 0 saturated heterocycles. The highest BCUT2D eigenvalue weighted by atomic mass is 79.9. The van der Waals surface area contributed by atoms with Crippen molar-refractivity contribution in [3.05, 3.63) is 92.9 Å². The molecule has 4 heteroatoms. The minimum atomic E-state index is -1.13. The van der Waals surface area contributed by atoms with Gasteiger partial charge in [0, 0.05) is 16.1 Å². The van der Waals surface area contributed by atoms with Gasteiger partial charge in [-0.25, -0.2) is 0 Å². The van der Waals surface area contributed by atoms with Crippen LogP contribution in [0, 0.1) is 0 Å². The molecule has 0 aromatic heterocycles. The third kappa shape index (κ3) is 3.22. The van der Waals surface area contributed by atoms with Gasteiger partial charge in [0.2, 0.25) is 0 Å². The number of halogens is 2. The van der Waals surface area contributed by atoms with Gasteiger partial charge in [-0.15, -0.1) is 0 Å². The molecule has 0 heterocycles. The zero-order valence-electron chi connectivity index (χ0n) is 12.5. The fourth-order valence-electron chi connectivity index (χ4n) is 2.68. The molecule has 1 N–H and O–H groups in total. The van der Waals surface area contributed by atoms with Gasteiger partial charge in [0.25, 0.3) is 0 Å². The van der Waals surface area contributed by atoms with Crippen molar-refractivity contribution in [3.8, 4) is 0 Å². The van der Waals surface area contributed by atoms with Crippen LogP contribution >= 0.6 is 31.9 Å². The molecule has 0 bridgehead atoms. The lowest BCUT2D eigenvalue weighted by molar-refractivity contribution is 0.0593. The molecule has 0 fully saturated rings. The number of benzene rings is 2. The van der Waals surface area contributed by atoms with E-state index in [-0.39, 0.29) is 0 Å². The first-order chi connectivity index (χ1) is 11.0. The Kier molecular flexibility index (Phi) is 4.61. The predicted molar refractivity (Wildman–Crippen MR) is 99.1 cm³/mol. The number of aliphatic hydroxyl groups is 1. The van der Waals surface area contributed by atoms with Gasteiger partial charge < -0.3 is 9.84 Å². The second-order valence-corrected chi connectivity index (χ2v) is 7.33. The van der Waals surface area contributed by atoms with Crippen LogP contribution in [0.15, 0.2) is 81.8 Å². The quantitative estimate of drug-likeness (QED) is 0.682. The van der Waals surface area contributed by atoms with Gasteiger partial charge in [-0.1, -0.05) is 56.1 Å². The van der Waals surface area contributed by atoms with E-state index in [4.69, 9.17) is 4.74 Å². The van der Waals surface area contributed by atoms with Crippen molar-refractivity contribution in [3.63, 3.8) is 0 Å². The molecule has 1 aliphatic carbocycles. The van der Waals surface area contributed by atoms with Crippen molar-refractivity contribution in [2.75, 3.05) is 7.11 Å². The summed E-state index contributed by atoms with van der Waals surface area (Å²) in [6.07, 6.45) is 7.36. The normalized spacial score (nSPS) is 26.4. The zero-order chi connectivity index (χ0) is 16.5. The first kappa shape index (κ1) is 16.7. The second-order valence-electron chi connectivity index (χ2n) is 5.50. The molecule has 2 aromatic carbocycles. The van der Waals surface area contributed by atoms with E-state index in [1.54, 1.807) is 19.3 Å². The van der Waals surface area contributed by atoms with E-state index in [0.29, 0.717) is 0 Å². The Morgan fingerprint density at radius 1 is 0.739 bits per heavy atom. The van der Waals surface area contributed by atoms with Crippen molar-refractivity contribution in [1.82, 2.24) is 0 Å². The summed E-state index contributed by atoms with van der Waals surface area (Å²) in [6, 6.07) is 15.6. The summed E-state index contributed by atoms with van der Waals surface area (Å²) in [6.45, 7) is 0. The molecule has 0 amide bonds. The van der Waals surface area contributed by atoms with E-state index in [0.717, 1.165) is 20.1 Å². The van der Waals surface area contributed by atoms with Gasteiger partial charge in [0.05, 0.1) is 0 Å². The maximum Gasteiger partial charge on any atom is 0.129 e. The van der Waals surface area contributed by atoms with Crippen LogP contribution in [-0.4, -0.2) is 12.2 Å². The van der Waals surface area contributed by atoms with Gasteiger partial charge in [-0.2, -0.15) is 0 Å². The van der Waals surface area contributed by atoms with Crippen LogP contribution in [0.2, 0.25) is 0 Å². The summed E-state index contributed by atoms with van der Waals surface area (Å²) in [4.78, 5) is 0. The summed E-state index contributed by atoms with van der Waals surface area (Å²) >= 11 is 6.85. The van der Waals surface area contributed by atoms with Crippen LogP contribution in [-0.2, 0) is 15.9 Å². The Bertz CT molecular complexity index is 732. The molecule has 0 spiro atoms. The lowest BCUT2D eigenvalue weighted by Gasteiger charge is -2.34. The topological polar surface area (TPSA) is 29.5 Å². The number of methoxy groups -OCH3 is 1. The van der Waals surface area contributed by atoms with Gasteiger partial charge in [-0.05, 0) is 59.7 Å². The maximum absolute atomic E-state index is 10.9. The van der Waals surface area contributed by atoms with E-state index in [9.17, 15) is 5.11 Å². The monoisotopic (exact) mass is 434 g/mol. The average Bonchev–Trinajstić information content (AvgIpc) is 2.57. The van der Waals surface area contributed by atoms with Gasteiger partial charge in [-0.3, -0.25) is 0 Å². The molecule has 0 radical (unpaired) electrons. The van der Waals surface area contributed by atoms with Crippen molar-refractivity contribution < 1.29 is 9.84 Å². The Labute approximate surface area is 152 Å². The summed E-state index contributed by atoms with van der Waals surface area (Å²) in [5.41, 5.74) is 0.0303. The van der Waals surface area contributed by atoms with E-state index < -0.39 is 11.2 Å². The zero-order valence-corrected chi connectivity index (χ0v) is 15.7. The fourth-order valence-corrected chi connectivity index (χ4v) is 3.21. The summed E-state index contributed by atoms with van der Waals surface area (Å²) in [5, 5.41) is 10.9. The highest BCUT2D eigenvalue weighted by molar-refractivity contribution is 9.10. The Morgan fingerprint density at radius 3 is 1.61 bits per heavy atom. The molecular weight excluding hydrogens is 420 g/mol. The molecule has 1 aliphatic rings. The predicted octanol–water partition coefficient (Wildman–Crippen LogP) is 5.07. The smallest absolute Gasteiger partial charge is 0.129 e. The van der Waals surface area contributed by atoms with E-state index >= 15 is 0 Å². The fraction of sp³-hybridized carbons (Fsp3) is 0.158. The third-order valence-corrected chi connectivity index (χ3v) is 5.17. The highest BCUT2D eigenvalue weighted by Crippen LogP contribution is 2.38. The van der Waals surface area contributed by atoms with E-state index in [1.165, 1.54) is 0 Å². The molecular formula is C19H16Br2O2. The molecule has 118 valence electrons. The maximum atomic E-state index is 10.9. The Balaban J connectivity index is 1.96. The lowest BCUT2D eigenvalue weighted by Crippen LogP contribution is -2.31. The largest absolute Gasteiger partial charge is 0.377 e. The highest BCUT2D eigenvalue weighted by Gasteiger charge is 2.34. The Hall–Kier alpha value is -1.20. The average molecular weight is 436 g/mol. The van der Waals surface area contributed by atoms with Crippen molar-refractivity contribution in [2.24, 2.45) is 0 Å². The molecule has 0 saturated carbocycles. The van der Waals surface area contributed by atoms with Crippen LogP contribution in [0.25, 0.3) is 0 Å². The summed E-state index contributed by atoms with van der Waals surface area (Å²) in [5.74, 6) is 0. The number of hydrogen-bond donors (Lipinski definition) is 1. The Morgan fingerprint density at radius 2 is 1.17 bits per heavy atom. The number of hydrogen-bond acceptors (Lipinski definition) is 2. The molecule has 3 rings (SSSR count). The third-order valence-electron chi connectivity index (χ3n) is 4.11. The number of ether oxygens (including phenoxy) is 1. The standard InChI is InChI=1S/C19H16Br2O2/c1-23-19(15-4-8-17(21)9-5-15)12-10-18(22,11-13-19)14-2-6-16(20)7-3-14/h2-13,22H,1H3/t18-,19+. The molecule has 0 unspecified atom stereocenters. The van der Waals surface area contributed by atoms with Crippen LogP contribution in [0.4, 0.5) is 0 Å². The van der Waals surface area contributed by atoms with Gasteiger partial charge in [0.15, 0.2) is 0 Å². The SMILES string of the molecule is CO[C@]1(c2ccc(Br)cc2)C=C[C@@](O)(c2ccc(Br)cc2)C=C1. The minimum absolute atomic E-state index is 0.664. The molecule has 23 heavy (non-hydrogen) atoms. The molecule has 2 aromatic rings. The van der Waals surface area contributed by atoms with E-state index in [1.807, 2.05) is 60.7 Å². The first-order valence-corrected chi connectivity index (χ1v) is 8.76. The summed E-state index contributed by atoms with van der Waals surface area (Å²) < 4.78 is 7.74. The van der Waals surface area contributed by atoms with Crippen molar-refractivity contribution in [1.29, 1.82) is 0 Å². The van der Waals surface area contributed by atoms with Crippen LogP contribution in [0.3, 0.4) is 0 Å². The molecule has 2 nitrogen and oxygen atoms in total. The van der Waals surface area contributed by atoms with Crippen LogP contribution in [0.5, 0.6) is 0 Å². The molecule has 0 atom stereocenters. The van der Waals surface area contributed by atoms with E-state index in [2.05, 4.69) is 31.9 Å². The minimum Gasteiger partial charge on any atom is -0.377 e. The number of rotatable bonds is 3. The van der Waals surface area contributed by atoms with Crippen LogP contribution < -0.4 is 0 Å². The second kappa shape index (κ2) is 6.36. The summed E-state index contributed by atoms with van der Waals surface area (Å²) in [7, 11) is 1.67. The van der Waals surface area contributed by atoms with Crippen molar-refractivity contribution >= 4 is 31.9 Å². The first-order valence-electron chi connectivity index (χ1n) is 7.18. The lowest BCUT2D eigenvalue weighted by atomic mass is 9.81. The van der Waals surface area contributed by atoms with Gasteiger partial charge in [0.1, 0.15) is 11.2 Å².